The third kappa shape index (κ3) is 1.55. The van der Waals surface area contributed by atoms with Crippen LogP contribution in [0.1, 0.15) is 25.7 Å². The largest absolute Gasteiger partial charge is 0.274 e. The van der Waals surface area contributed by atoms with E-state index in [2.05, 4.69) is 4.98 Å². The van der Waals surface area contributed by atoms with E-state index in [0.29, 0.717) is 5.82 Å². The van der Waals surface area contributed by atoms with E-state index >= 15 is 0 Å². The first-order chi connectivity index (χ1) is 8.29. The van der Waals surface area contributed by atoms with Crippen molar-refractivity contribution in [1.82, 2.24) is 4.98 Å². The lowest BCUT2D eigenvalue weighted by molar-refractivity contribution is -0.122. The molecular formula is C13H14N2O2. The molecule has 1 saturated carbocycles. The number of carbonyl (C=O) groups excluding carboxylic acids is 2. The Hall–Kier alpha value is -1.71. The molecule has 0 N–H and O–H groups in total. The Bertz CT molecular complexity index is 434. The fourth-order valence-electron chi connectivity index (χ4n) is 2.87. The fraction of sp³-hybridized carbons (Fsp3) is 0.462. The standard InChI is InChI=1S/C13H14N2O2/c16-12-9-5-1-2-6-10(9)13(17)15(12)11-7-3-4-8-14-11/h3-4,7-10H,1-2,5-6H2/t9-,10+. The Morgan fingerprint density at radius 1 is 1.06 bits per heavy atom. The van der Waals surface area contributed by atoms with Crippen molar-refractivity contribution in [3.63, 3.8) is 0 Å². The second-order valence-corrected chi connectivity index (χ2v) is 4.70. The second kappa shape index (κ2) is 3.95. The van der Waals surface area contributed by atoms with Crippen molar-refractivity contribution in [3.8, 4) is 0 Å². The van der Waals surface area contributed by atoms with Crippen LogP contribution in [-0.2, 0) is 9.59 Å². The summed E-state index contributed by atoms with van der Waals surface area (Å²) in [6.07, 6.45) is 5.40. The maximum absolute atomic E-state index is 12.2. The Morgan fingerprint density at radius 2 is 1.71 bits per heavy atom. The number of imide groups is 1. The summed E-state index contributed by atoms with van der Waals surface area (Å²) in [5.74, 6) is 0.158. The third-order valence-electron chi connectivity index (χ3n) is 3.72. The summed E-state index contributed by atoms with van der Waals surface area (Å²) >= 11 is 0. The van der Waals surface area contributed by atoms with Gasteiger partial charge in [-0.3, -0.25) is 9.59 Å². The highest BCUT2D eigenvalue weighted by molar-refractivity contribution is 6.21. The summed E-state index contributed by atoms with van der Waals surface area (Å²) in [5.41, 5.74) is 0. The molecule has 88 valence electrons. The predicted octanol–water partition coefficient (Wildman–Crippen LogP) is 1.76. The number of amides is 2. The van der Waals surface area contributed by atoms with Crippen LogP contribution in [0.15, 0.2) is 24.4 Å². The summed E-state index contributed by atoms with van der Waals surface area (Å²) in [6, 6.07) is 5.29. The predicted molar refractivity (Wildman–Crippen MR) is 62.2 cm³/mol. The molecule has 4 nitrogen and oxygen atoms in total. The van der Waals surface area contributed by atoms with Crippen LogP contribution < -0.4 is 4.90 Å². The molecule has 1 saturated heterocycles. The Kier molecular flexibility index (Phi) is 2.42. The van der Waals surface area contributed by atoms with E-state index in [1.807, 2.05) is 0 Å². The molecule has 0 unspecified atom stereocenters. The molecule has 1 aliphatic carbocycles. The van der Waals surface area contributed by atoms with Gasteiger partial charge in [0.25, 0.3) is 0 Å². The molecule has 2 aliphatic rings. The van der Waals surface area contributed by atoms with E-state index in [-0.39, 0.29) is 23.7 Å². The molecule has 0 bridgehead atoms. The Balaban J connectivity index is 1.96. The topological polar surface area (TPSA) is 50.3 Å². The molecule has 2 atom stereocenters. The van der Waals surface area contributed by atoms with Gasteiger partial charge in [-0.05, 0) is 25.0 Å². The van der Waals surface area contributed by atoms with Crippen LogP contribution in [0.2, 0.25) is 0 Å². The van der Waals surface area contributed by atoms with Gasteiger partial charge in [-0.2, -0.15) is 0 Å². The second-order valence-electron chi connectivity index (χ2n) is 4.70. The minimum atomic E-state index is -0.0988. The zero-order chi connectivity index (χ0) is 11.8. The van der Waals surface area contributed by atoms with Crippen LogP contribution in [0, 0.1) is 11.8 Å². The van der Waals surface area contributed by atoms with E-state index in [0.717, 1.165) is 25.7 Å². The average Bonchev–Trinajstić information content (AvgIpc) is 2.64. The van der Waals surface area contributed by atoms with Crippen LogP contribution in [0.25, 0.3) is 0 Å². The van der Waals surface area contributed by atoms with Gasteiger partial charge >= 0.3 is 0 Å². The van der Waals surface area contributed by atoms with Crippen LogP contribution in [0.5, 0.6) is 0 Å². The highest BCUT2D eigenvalue weighted by atomic mass is 16.2. The summed E-state index contributed by atoms with van der Waals surface area (Å²) in [7, 11) is 0. The van der Waals surface area contributed by atoms with Gasteiger partial charge in [-0.15, -0.1) is 0 Å². The van der Waals surface area contributed by atoms with Crippen molar-refractivity contribution in [3.05, 3.63) is 24.4 Å². The summed E-state index contributed by atoms with van der Waals surface area (Å²) in [4.78, 5) is 29.8. The fourth-order valence-corrected chi connectivity index (χ4v) is 2.87. The van der Waals surface area contributed by atoms with E-state index < -0.39 is 0 Å². The molecule has 17 heavy (non-hydrogen) atoms. The van der Waals surface area contributed by atoms with Crippen molar-refractivity contribution in [2.75, 3.05) is 4.90 Å². The van der Waals surface area contributed by atoms with Crippen molar-refractivity contribution < 1.29 is 9.59 Å². The first-order valence-electron chi connectivity index (χ1n) is 6.08. The minimum absolute atomic E-state index is 0.0570. The summed E-state index contributed by atoms with van der Waals surface area (Å²) in [6.45, 7) is 0. The van der Waals surface area contributed by atoms with Crippen molar-refractivity contribution in [1.29, 1.82) is 0 Å². The highest BCUT2D eigenvalue weighted by Crippen LogP contribution is 2.39. The number of aromatic nitrogens is 1. The van der Waals surface area contributed by atoms with Crippen LogP contribution >= 0.6 is 0 Å². The summed E-state index contributed by atoms with van der Waals surface area (Å²) < 4.78 is 0. The lowest BCUT2D eigenvalue weighted by atomic mass is 9.81. The third-order valence-corrected chi connectivity index (χ3v) is 3.72. The number of rotatable bonds is 1. The normalized spacial score (nSPS) is 28.4. The molecule has 0 aromatic carbocycles. The molecule has 1 aliphatic heterocycles. The first-order valence-corrected chi connectivity index (χ1v) is 6.08. The number of fused-ring (bicyclic) bond motifs is 1. The Morgan fingerprint density at radius 3 is 2.24 bits per heavy atom. The zero-order valence-corrected chi connectivity index (χ0v) is 9.50. The van der Waals surface area contributed by atoms with E-state index in [9.17, 15) is 9.59 Å². The Labute approximate surface area is 99.6 Å². The van der Waals surface area contributed by atoms with Gasteiger partial charge in [0.05, 0.1) is 11.8 Å². The molecule has 3 rings (SSSR count). The minimum Gasteiger partial charge on any atom is -0.274 e. The number of anilines is 1. The van der Waals surface area contributed by atoms with E-state index in [4.69, 9.17) is 0 Å². The first kappa shape index (κ1) is 10.4. The number of pyridine rings is 1. The van der Waals surface area contributed by atoms with E-state index in [1.54, 1.807) is 24.4 Å². The molecule has 0 radical (unpaired) electrons. The zero-order valence-electron chi connectivity index (χ0n) is 9.50. The highest BCUT2D eigenvalue weighted by Gasteiger charge is 2.49. The monoisotopic (exact) mass is 230 g/mol. The average molecular weight is 230 g/mol. The van der Waals surface area contributed by atoms with Crippen molar-refractivity contribution in [2.24, 2.45) is 11.8 Å². The lowest BCUT2D eigenvalue weighted by Crippen LogP contribution is -2.31. The number of hydrogen-bond donors (Lipinski definition) is 0. The maximum atomic E-state index is 12.2. The van der Waals surface area contributed by atoms with Gasteiger partial charge in [-0.1, -0.05) is 18.9 Å². The molecular weight excluding hydrogens is 216 g/mol. The number of hydrogen-bond acceptors (Lipinski definition) is 3. The van der Waals surface area contributed by atoms with E-state index in [1.165, 1.54) is 4.90 Å². The van der Waals surface area contributed by atoms with Crippen LogP contribution in [0.3, 0.4) is 0 Å². The van der Waals surface area contributed by atoms with Crippen molar-refractivity contribution in [2.45, 2.75) is 25.7 Å². The molecule has 0 spiro atoms. The molecule has 2 amide bonds. The smallest absolute Gasteiger partial charge is 0.238 e. The maximum Gasteiger partial charge on any atom is 0.238 e. The molecule has 2 heterocycles. The lowest BCUT2D eigenvalue weighted by Gasteiger charge is -2.19. The number of carbonyl (C=O) groups is 2. The van der Waals surface area contributed by atoms with Gasteiger partial charge in [-0.25, -0.2) is 9.88 Å². The van der Waals surface area contributed by atoms with Gasteiger partial charge in [0, 0.05) is 6.20 Å². The van der Waals surface area contributed by atoms with Crippen molar-refractivity contribution >= 4 is 17.6 Å². The molecule has 4 heteroatoms. The SMILES string of the molecule is O=C1[C@H]2CCCC[C@H]2C(=O)N1c1ccccn1. The van der Waals surface area contributed by atoms with Gasteiger partial charge in [0.1, 0.15) is 5.82 Å². The molecule has 1 aromatic rings. The van der Waals surface area contributed by atoms with Gasteiger partial charge in [0.2, 0.25) is 11.8 Å². The molecule has 1 aromatic heterocycles. The quantitative estimate of drug-likeness (QED) is 0.691. The number of nitrogens with zero attached hydrogens (tertiary/aromatic N) is 2. The van der Waals surface area contributed by atoms with Crippen LogP contribution in [-0.4, -0.2) is 16.8 Å². The van der Waals surface area contributed by atoms with Gasteiger partial charge < -0.3 is 0 Å². The van der Waals surface area contributed by atoms with Crippen LogP contribution in [0.4, 0.5) is 5.82 Å². The summed E-state index contributed by atoms with van der Waals surface area (Å²) in [5, 5.41) is 0. The van der Waals surface area contributed by atoms with Gasteiger partial charge in [0.15, 0.2) is 0 Å². The molecule has 2 fully saturated rings.